The molecule has 3 unspecified atom stereocenters. The van der Waals surface area contributed by atoms with Crippen LogP contribution < -0.4 is 0 Å². The molecular weight excluding hydrogens is 220 g/mol. The second-order valence-electron chi connectivity index (χ2n) is 6.48. The quantitative estimate of drug-likeness (QED) is 0.581. The summed E-state index contributed by atoms with van der Waals surface area (Å²) in [5.74, 6) is 1.82. The van der Waals surface area contributed by atoms with Gasteiger partial charge in [-0.2, -0.15) is 0 Å². The van der Waals surface area contributed by atoms with E-state index in [1.807, 2.05) is 0 Å². The Bertz CT molecular complexity index is 516. The van der Waals surface area contributed by atoms with E-state index in [4.69, 9.17) is 0 Å². The maximum atomic E-state index is 12.6. The summed E-state index contributed by atoms with van der Waals surface area (Å²) in [5, 5.41) is 0. The predicted molar refractivity (Wildman–Crippen MR) is 74.2 cm³/mol. The Labute approximate surface area is 110 Å². The number of hydrogen-bond acceptors (Lipinski definition) is 1. The standard InChI is InChI=1S/C17H22O/c1-9-5-13-14-6-10(2)12(4)8-16(14)17(18)15(13)7-11(9)3/h7,13-14,16H,5-6,8H2,1-4H3. The highest BCUT2D eigenvalue weighted by Gasteiger charge is 2.48. The molecule has 0 aromatic rings. The Kier molecular flexibility index (Phi) is 2.62. The van der Waals surface area contributed by atoms with Crippen molar-refractivity contribution in [1.82, 2.24) is 0 Å². The average molecular weight is 242 g/mol. The minimum atomic E-state index is 0.281. The normalized spacial score (nSPS) is 35.7. The maximum Gasteiger partial charge on any atom is 0.162 e. The van der Waals surface area contributed by atoms with E-state index in [0.717, 1.165) is 24.8 Å². The fraction of sp³-hybridized carbons (Fsp3) is 0.588. The molecule has 0 radical (unpaired) electrons. The van der Waals surface area contributed by atoms with Gasteiger partial charge in [-0.15, -0.1) is 0 Å². The molecule has 0 aliphatic heterocycles. The highest BCUT2D eigenvalue weighted by atomic mass is 16.1. The summed E-state index contributed by atoms with van der Waals surface area (Å²) in [6, 6.07) is 0. The maximum absolute atomic E-state index is 12.6. The minimum Gasteiger partial charge on any atom is -0.294 e. The van der Waals surface area contributed by atoms with E-state index in [1.165, 1.54) is 22.3 Å². The van der Waals surface area contributed by atoms with Gasteiger partial charge >= 0.3 is 0 Å². The van der Waals surface area contributed by atoms with Crippen LogP contribution in [0.4, 0.5) is 0 Å². The third-order valence-corrected chi connectivity index (χ3v) is 5.42. The van der Waals surface area contributed by atoms with E-state index in [-0.39, 0.29) is 5.92 Å². The Balaban J connectivity index is 2.00. The van der Waals surface area contributed by atoms with Crippen LogP contribution in [-0.4, -0.2) is 5.78 Å². The van der Waals surface area contributed by atoms with Crippen LogP contribution in [0, 0.1) is 17.8 Å². The first kappa shape index (κ1) is 12.0. The lowest BCUT2D eigenvalue weighted by molar-refractivity contribution is -0.118. The molecule has 1 fully saturated rings. The van der Waals surface area contributed by atoms with Gasteiger partial charge in [0.25, 0.3) is 0 Å². The van der Waals surface area contributed by atoms with Crippen LogP contribution in [0.2, 0.25) is 0 Å². The Hall–Kier alpha value is -1.11. The number of ketones is 1. The van der Waals surface area contributed by atoms with Gasteiger partial charge in [0.1, 0.15) is 0 Å². The monoisotopic (exact) mass is 242 g/mol. The van der Waals surface area contributed by atoms with Gasteiger partial charge in [-0.1, -0.05) is 28.4 Å². The van der Waals surface area contributed by atoms with Gasteiger partial charge < -0.3 is 0 Å². The van der Waals surface area contributed by atoms with Crippen LogP contribution in [0.15, 0.2) is 33.9 Å². The SMILES string of the molecule is CC1=C(C)CC2C(=C1)C(=O)C1CC(C)=C(C)CC12. The summed E-state index contributed by atoms with van der Waals surface area (Å²) < 4.78 is 0. The molecule has 18 heavy (non-hydrogen) atoms. The molecule has 0 spiro atoms. The molecule has 0 heterocycles. The third-order valence-electron chi connectivity index (χ3n) is 5.42. The van der Waals surface area contributed by atoms with Crippen molar-refractivity contribution in [3.05, 3.63) is 33.9 Å². The zero-order chi connectivity index (χ0) is 13.0. The van der Waals surface area contributed by atoms with Crippen molar-refractivity contribution < 1.29 is 4.79 Å². The van der Waals surface area contributed by atoms with Gasteiger partial charge in [0.15, 0.2) is 5.78 Å². The van der Waals surface area contributed by atoms with Gasteiger partial charge in [0.2, 0.25) is 0 Å². The van der Waals surface area contributed by atoms with Crippen LogP contribution in [0.3, 0.4) is 0 Å². The first-order valence-corrected chi connectivity index (χ1v) is 7.06. The van der Waals surface area contributed by atoms with Crippen LogP contribution in [-0.2, 0) is 4.79 Å². The molecule has 1 nitrogen and oxygen atoms in total. The Morgan fingerprint density at radius 1 is 0.889 bits per heavy atom. The van der Waals surface area contributed by atoms with E-state index >= 15 is 0 Å². The molecule has 0 amide bonds. The molecule has 0 aromatic heterocycles. The predicted octanol–water partition coefficient (Wildman–Crippen LogP) is 4.21. The Morgan fingerprint density at radius 2 is 1.50 bits per heavy atom. The van der Waals surface area contributed by atoms with Crippen molar-refractivity contribution in [2.24, 2.45) is 17.8 Å². The first-order valence-electron chi connectivity index (χ1n) is 7.06. The largest absolute Gasteiger partial charge is 0.294 e. The molecule has 3 aliphatic rings. The summed E-state index contributed by atoms with van der Waals surface area (Å²) in [5.41, 5.74) is 6.89. The average Bonchev–Trinajstić information content (AvgIpc) is 2.56. The summed E-state index contributed by atoms with van der Waals surface area (Å²) >= 11 is 0. The van der Waals surface area contributed by atoms with Crippen molar-refractivity contribution in [1.29, 1.82) is 0 Å². The van der Waals surface area contributed by atoms with E-state index < -0.39 is 0 Å². The fourth-order valence-electron chi connectivity index (χ4n) is 3.95. The molecule has 0 saturated heterocycles. The topological polar surface area (TPSA) is 17.1 Å². The smallest absolute Gasteiger partial charge is 0.162 e. The van der Waals surface area contributed by atoms with Crippen molar-refractivity contribution in [2.45, 2.75) is 47.0 Å². The first-order chi connectivity index (χ1) is 8.49. The van der Waals surface area contributed by atoms with E-state index in [2.05, 4.69) is 33.8 Å². The molecule has 0 aromatic carbocycles. The number of allylic oxidation sites excluding steroid dienone is 6. The zero-order valence-electron chi connectivity index (χ0n) is 11.8. The van der Waals surface area contributed by atoms with E-state index in [9.17, 15) is 4.79 Å². The lowest BCUT2D eigenvalue weighted by Gasteiger charge is -2.31. The molecule has 1 heteroatoms. The molecule has 3 aliphatic carbocycles. The molecule has 0 N–H and O–H groups in total. The number of rotatable bonds is 0. The molecule has 3 rings (SSSR count). The second kappa shape index (κ2) is 3.94. The van der Waals surface area contributed by atoms with Crippen molar-refractivity contribution >= 4 is 5.78 Å². The van der Waals surface area contributed by atoms with Crippen LogP contribution >= 0.6 is 0 Å². The van der Waals surface area contributed by atoms with Crippen molar-refractivity contribution in [3.8, 4) is 0 Å². The van der Waals surface area contributed by atoms with Crippen LogP contribution in [0.1, 0.15) is 47.0 Å². The van der Waals surface area contributed by atoms with Gasteiger partial charge in [0, 0.05) is 5.92 Å². The number of Topliss-reactive ketones (excluding diaryl/α,β-unsaturated/α-hetero) is 1. The van der Waals surface area contributed by atoms with Gasteiger partial charge in [-0.25, -0.2) is 0 Å². The molecular formula is C17H22O. The number of carbonyl (C=O) groups excluding carboxylic acids is 1. The van der Waals surface area contributed by atoms with Crippen molar-refractivity contribution in [2.75, 3.05) is 0 Å². The Morgan fingerprint density at radius 3 is 2.22 bits per heavy atom. The van der Waals surface area contributed by atoms with Gasteiger partial charge in [-0.3, -0.25) is 4.79 Å². The summed E-state index contributed by atoms with van der Waals surface area (Å²) in [6.45, 7) is 8.80. The highest BCUT2D eigenvalue weighted by molar-refractivity contribution is 6.01. The molecule has 96 valence electrons. The number of carbonyl (C=O) groups is 1. The number of hydrogen-bond donors (Lipinski definition) is 0. The third kappa shape index (κ3) is 1.56. The lowest BCUT2D eigenvalue weighted by Crippen LogP contribution is -2.23. The molecule has 1 saturated carbocycles. The summed E-state index contributed by atoms with van der Waals surface area (Å²) in [4.78, 5) is 12.6. The minimum absolute atomic E-state index is 0.281. The summed E-state index contributed by atoms with van der Waals surface area (Å²) in [7, 11) is 0. The molecule has 3 atom stereocenters. The van der Waals surface area contributed by atoms with E-state index in [0.29, 0.717) is 17.6 Å². The summed E-state index contributed by atoms with van der Waals surface area (Å²) in [6.07, 6.45) is 5.42. The van der Waals surface area contributed by atoms with E-state index in [1.54, 1.807) is 0 Å². The second-order valence-corrected chi connectivity index (χ2v) is 6.48. The fourth-order valence-corrected chi connectivity index (χ4v) is 3.95. The lowest BCUT2D eigenvalue weighted by atomic mass is 9.73. The van der Waals surface area contributed by atoms with Crippen LogP contribution in [0.25, 0.3) is 0 Å². The van der Waals surface area contributed by atoms with Gasteiger partial charge in [-0.05, 0) is 64.4 Å². The van der Waals surface area contributed by atoms with Crippen LogP contribution in [0.5, 0.6) is 0 Å². The number of fused-ring (bicyclic) bond motifs is 3. The zero-order valence-corrected chi connectivity index (χ0v) is 11.8. The van der Waals surface area contributed by atoms with Crippen molar-refractivity contribution in [3.63, 3.8) is 0 Å². The highest BCUT2D eigenvalue weighted by Crippen LogP contribution is 2.51. The van der Waals surface area contributed by atoms with Gasteiger partial charge in [0.05, 0.1) is 0 Å². The molecule has 0 bridgehead atoms.